The van der Waals surface area contributed by atoms with Crippen LogP contribution in [0.2, 0.25) is 0 Å². The summed E-state index contributed by atoms with van der Waals surface area (Å²) in [5, 5.41) is 8.46. The molecule has 0 amide bonds. The maximum absolute atomic E-state index is 13.1. The van der Waals surface area contributed by atoms with Gasteiger partial charge in [-0.15, -0.1) is 0 Å². The predicted molar refractivity (Wildman–Crippen MR) is 108 cm³/mol. The van der Waals surface area contributed by atoms with Gasteiger partial charge in [-0.2, -0.15) is 0 Å². The summed E-state index contributed by atoms with van der Waals surface area (Å²) in [5.74, 6) is 0.512. The first-order valence-electron chi connectivity index (χ1n) is 8.94. The van der Waals surface area contributed by atoms with Crippen molar-refractivity contribution in [2.75, 3.05) is 38.1 Å². The van der Waals surface area contributed by atoms with E-state index in [4.69, 9.17) is 5.14 Å². The van der Waals surface area contributed by atoms with Gasteiger partial charge in [0.05, 0.1) is 4.90 Å². The minimum atomic E-state index is -3.72. The van der Waals surface area contributed by atoms with E-state index in [-0.39, 0.29) is 10.7 Å². The fraction of sp³-hybridized carbons (Fsp3) is 0.316. The number of halogens is 1. The van der Waals surface area contributed by atoms with Crippen LogP contribution in [-0.2, 0) is 16.6 Å². The smallest absolute Gasteiger partial charge is 0.238 e. The summed E-state index contributed by atoms with van der Waals surface area (Å²) in [6.45, 7) is 3.58. The molecule has 0 saturated carbocycles. The summed E-state index contributed by atoms with van der Waals surface area (Å²) in [4.78, 5) is 8.77. The van der Waals surface area contributed by atoms with E-state index in [0.717, 1.165) is 43.4 Å². The van der Waals surface area contributed by atoms with Crippen molar-refractivity contribution in [2.45, 2.75) is 11.4 Å². The van der Waals surface area contributed by atoms with Crippen LogP contribution in [0.1, 0.15) is 5.56 Å². The van der Waals surface area contributed by atoms with Gasteiger partial charge >= 0.3 is 0 Å². The summed E-state index contributed by atoms with van der Waals surface area (Å²) in [5.41, 5.74) is 1.81. The normalized spacial score (nSPS) is 15.6. The zero-order valence-electron chi connectivity index (χ0n) is 15.7. The van der Waals surface area contributed by atoms with Gasteiger partial charge in [0.25, 0.3) is 0 Å². The number of sulfonamides is 1. The molecule has 2 aromatic rings. The molecule has 3 N–H and O–H groups in total. The molecule has 1 fully saturated rings. The van der Waals surface area contributed by atoms with E-state index in [1.54, 1.807) is 31.3 Å². The van der Waals surface area contributed by atoms with Gasteiger partial charge < -0.3 is 15.1 Å². The molecule has 0 unspecified atom stereocenters. The second-order valence-corrected chi connectivity index (χ2v) is 8.11. The Kier molecular flexibility index (Phi) is 6.15. The lowest BCUT2D eigenvalue weighted by atomic mass is 10.2. The van der Waals surface area contributed by atoms with Crippen LogP contribution in [-0.4, -0.2) is 52.5 Å². The Bertz CT molecular complexity index is 939. The second-order valence-electron chi connectivity index (χ2n) is 6.54. The Morgan fingerprint density at radius 3 is 2.43 bits per heavy atom. The van der Waals surface area contributed by atoms with Gasteiger partial charge in [0, 0.05) is 45.5 Å². The van der Waals surface area contributed by atoms with Crippen LogP contribution in [0.15, 0.2) is 58.4 Å². The van der Waals surface area contributed by atoms with Gasteiger partial charge in [0.15, 0.2) is 5.96 Å². The number of rotatable bonds is 4. The molecule has 1 heterocycles. The quantitative estimate of drug-likeness (QED) is 0.592. The minimum absolute atomic E-state index is 0.0923. The van der Waals surface area contributed by atoms with Crippen molar-refractivity contribution in [3.8, 4) is 0 Å². The molecule has 1 aliphatic rings. The second kappa shape index (κ2) is 8.57. The third-order valence-corrected chi connectivity index (χ3v) is 5.57. The van der Waals surface area contributed by atoms with Crippen molar-refractivity contribution < 1.29 is 12.8 Å². The number of anilines is 1. The summed E-state index contributed by atoms with van der Waals surface area (Å²) in [7, 11) is -2.00. The molecule has 0 aliphatic carbocycles. The molecule has 0 spiro atoms. The van der Waals surface area contributed by atoms with Gasteiger partial charge in [-0.05, 0) is 42.0 Å². The highest BCUT2D eigenvalue weighted by Crippen LogP contribution is 2.17. The largest absolute Gasteiger partial charge is 0.368 e. The van der Waals surface area contributed by atoms with Crippen molar-refractivity contribution in [2.24, 2.45) is 10.1 Å². The van der Waals surface area contributed by atoms with Crippen LogP contribution in [0, 0.1) is 5.82 Å². The lowest BCUT2D eigenvalue weighted by Gasteiger charge is -2.37. The van der Waals surface area contributed by atoms with E-state index in [1.807, 2.05) is 6.07 Å². The van der Waals surface area contributed by atoms with E-state index in [9.17, 15) is 12.8 Å². The Balaban J connectivity index is 1.57. The molecular weight excluding hydrogens is 381 g/mol. The van der Waals surface area contributed by atoms with Gasteiger partial charge in [0.2, 0.25) is 10.0 Å². The summed E-state index contributed by atoms with van der Waals surface area (Å²) >= 11 is 0. The molecule has 1 aliphatic heterocycles. The lowest BCUT2D eigenvalue weighted by Crippen LogP contribution is -2.52. The van der Waals surface area contributed by atoms with E-state index < -0.39 is 10.0 Å². The number of aliphatic imine (C=N–C) groups is 1. The predicted octanol–water partition coefficient (Wildman–Crippen LogP) is 1.37. The Labute approximate surface area is 164 Å². The molecule has 28 heavy (non-hydrogen) atoms. The van der Waals surface area contributed by atoms with Crippen molar-refractivity contribution >= 4 is 21.7 Å². The molecule has 0 aromatic heterocycles. The zero-order chi connectivity index (χ0) is 20.1. The maximum Gasteiger partial charge on any atom is 0.238 e. The number of nitrogens with one attached hydrogen (secondary N) is 1. The van der Waals surface area contributed by atoms with Crippen LogP contribution in [0.25, 0.3) is 0 Å². The number of hydrogen-bond acceptors (Lipinski definition) is 4. The third kappa shape index (κ3) is 4.99. The Morgan fingerprint density at radius 1 is 1.14 bits per heavy atom. The van der Waals surface area contributed by atoms with Gasteiger partial charge in [-0.3, -0.25) is 4.99 Å². The number of guanidine groups is 1. The van der Waals surface area contributed by atoms with Crippen molar-refractivity contribution in [3.63, 3.8) is 0 Å². The van der Waals surface area contributed by atoms with E-state index in [2.05, 4.69) is 20.1 Å². The summed E-state index contributed by atoms with van der Waals surface area (Å²) in [6, 6.07) is 13.1. The Hall–Kier alpha value is -2.65. The van der Waals surface area contributed by atoms with Gasteiger partial charge in [-0.25, -0.2) is 17.9 Å². The van der Waals surface area contributed by atoms with E-state index in [0.29, 0.717) is 6.54 Å². The van der Waals surface area contributed by atoms with Gasteiger partial charge in [0.1, 0.15) is 5.82 Å². The number of benzene rings is 2. The molecule has 7 nitrogen and oxygen atoms in total. The zero-order valence-corrected chi connectivity index (χ0v) is 16.5. The van der Waals surface area contributed by atoms with Crippen LogP contribution in [0.5, 0.6) is 0 Å². The molecule has 150 valence electrons. The average Bonchev–Trinajstić information content (AvgIpc) is 2.69. The highest BCUT2D eigenvalue weighted by atomic mass is 32.2. The van der Waals surface area contributed by atoms with Crippen molar-refractivity contribution in [3.05, 3.63) is 59.9 Å². The van der Waals surface area contributed by atoms with E-state index in [1.165, 1.54) is 18.2 Å². The molecule has 0 bridgehead atoms. The third-order valence-electron chi connectivity index (χ3n) is 4.66. The number of nitrogens with two attached hydrogens (primary N) is 1. The molecule has 1 saturated heterocycles. The minimum Gasteiger partial charge on any atom is -0.368 e. The van der Waals surface area contributed by atoms with Crippen LogP contribution < -0.4 is 15.4 Å². The molecule has 0 radical (unpaired) electrons. The number of primary sulfonamides is 1. The molecule has 3 rings (SSSR count). The molecule has 9 heteroatoms. The monoisotopic (exact) mass is 405 g/mol. The van der Waals surface area contributed by atoms with Crippen LogP contribution in [0.3, 0.4) is 0 Å². The van der Waals surface area contributed by atoms with Gasteiger partial charge in [-0.1, -0.05) is 12.1 Å². The van der Waals surface area contributed by atoms with Crippen LogP contribution >= 0.6 is 0 Å². The topological polar surface area (TPSA) is 91.0 Å². The standard InChI is InChI=1S/C19H24FN5O2S/c1-22-19(23-14-15-3-2-4-18(13-15)28(21,26)27)25-11-9-24(10-12-25)17-7-5-16(20)6-8-17/h2-8,13H,9-12,14H2,1H3,(H,22,23)(H2,21,26,27). The summed E-state index contributed by atoms with van der Waals surface area (Å²) < 4.78 is 36.1. The lowest BCUT2D eigenvalue weighted by molar-refractivity contribution is 0.372. The van der Waals surface area contributed by atoms with E-state index >= 15 is 0 Å². The first-order chi connectivity index (χ1) is 13.4. The highest BCUT2D eigenvalue weighted by molar-refractivity contribution is 7.89. The maximum atomic E-state index is 13.1. The Morgan fingerprint density at radius 2 is 1.82 bits per heavy atom. The molecule has 2 aromatic carbocycles. The van der Waals surface area contributed by atoms with Crippen molar-refractivity contribution in [1.82, 2.24) is 10.2 Å². The first-order valence-corrected chi connectivity index (χ1v) is 10.5. The first kappa shape index (κ1) is 20.1. The molecular formula is C19H24FN5O2S. The average molecular weight is 405 g/mol. The fourth-order valence-electron chi connectivity index (χ4n) is 3.17. The number of hydrogen-bond donors (Lipinski definition) is 2. The van der Waals surface area contributed by atoms with Crippen molar-refractivity contribution in [1.29, 1.82) is 0 Å². The molecule has 0 atom stereocenters. The SMILES string of the molecule is CN=C(NCc1cccc(S(N)(=O)=O)c1)N1CCN(c2ccc(F)cc2)CC1. The van der Waals surface area contributed by atoms with Crippen LogP contribution in [0.4, 0.5) is 10.1 Å². The summed E-state index contributed by atoms with van der Waals surface area (Å²) in [6.07, 6.45) is 0. The number of piperazine rings is 1. The number of nitrogens with zero attached hydrogens (tertiary/aromatic N) is 3. The highest BCUT2D eigenvalue weighted by Gasteiger charge is 2.20. The fourth-order valence-corrected chi connectivity index (χ4v) is 3.76.